The number of ether oxygens (including phenoxy) is 2. The Bertz CT molecular complexity index is 221. The summed E-state index contributed by atoms with van der Waals surface area (Å²) in [6.45, 7) is 1.55. The Balaban J connectivity index is 0.00000256. The van der Waals surface area contributed by atoms with Crippen LogP contribution >= 0.6 is 12.4 Å². The summed E-state index contributed by atoms with van der Waals surface area (Å²) in [5.74, 6) is -0.0801. The predicted octanol–water partition coefficient (Wildman–Crippen LogP) is 0.459. The van der Waals surface area contributed by atoms with Crippen LogP contribution in [0.4, 0.5) is 0 Å². The summed E-state index contributed by atoms with van der Waals surface area (Å²) in [5.41, 5.74) is 5.54. The highest BCUT2D eigenvalue weighted by Gasteiger charge is 2.33. The van der Waals surface area contributed by atoms with E-state index >= 15 is 0 Å². The lowest BCUT2D eigenvalue weighted by molar-refractivity contribution is -0.128. The minimum atomic E-state index is -0.179. The number of halogens is 1. The van der Waals surface area contributed by atoms with Crippen molar-refractivity contribution in [1.29, 1.82) is 0 Å². The van der Waals surface area contributed by atoms with Gasteiger partial charge in [0.25, 0.3) is 0 Å². The maximum atomic E-state index is 11.6. The first kappa shape index (κ1) is 16.6. The fourth-order valence-electron chi connectivity index (χ4n) is 2.07. The number of nitrogens with one attached hydrogen (secondary N) is 1. The lowest BCUT2D eigenvalue weighted by Gasteiger charge is -2.28. The molecule has 0 aromatic rings. The molecule has 0 heterocycles. The molecule has 5 nitrogen and oxygen atoms in total. The Morgan fingerprint density at radius 2 is 2.00 bits per heavy atom. The van der Waals surface area contributed by atoms with E-state index in [9.17, 15) is 4.79 Å². The van der Waals surface area contributed by atoms with E-state index in [2.05, 4.69) is 5.32 Å². The molecule has 6 heteroatoms. The van der Waals surface area contributed by atoms with Crippen LogP contribution in [-0.2, 0) is 14.3 Å². The van der Waals surface area contributed by atoms with Crippen molar-refractivity contribution in [1.82, 2.24) is 5.32 Å². The molecule has 1 fully saturated rings. The Kier molecular flexibility index (Phi) is 8.51. The van der Waals surface area contributed by atoms with Crippen LogP contribution in [0.5, 0.6) is 0 Å². The summed E-state index contributed by atoms with van der Waals surface area (Å²) >= 11 is 0. The first-order valence-electron chi connectivity index (χ1n) is 5.80. The minimum absolute atomic E-state index is 0. The number of hydrogen-bond acceptors (Lipinski definition) is 4. The van der Waals surface area contributed by atoms with E-state index in [-0.39, 0.29) is 30.5 Å². The number of amides is 1. The summed E-state index contributed by atoms with van der Waals surface area (Å²) in [5, 5.41) is 2.99. The quantitative estimate of drug-likeness (QED) is 0.657. The molecule has 1 aliphatic rings. The van der Waals surface area contributed by atoms with Crippen molar-refractivity contribution in [3.05, 3.63) is 0 Å². The zero-order valence-corrected chi connectivity index (χ0v) is 11.2. The number of carbonyl (C=O) groups is 1. The van der Waals surface area contributed by atoms with Crippen LogP contribution < -0.4 is 11.1 Å². The third-order valence-electron chi connectivity index (χ3n) is 3.02. The molecule has 0 aromatic carbocycles. The van der Waals surface area contributed by atoms with Crippen molar-refractivity contribution in [2.24, 2.45) is 5.73 Å². The molecule has 0 unspecified atom stereocenters. The highest BCUT2D eigenvalue weighted by Crippen LogP contribution is 2.28. The first-order valence-corrected chi connectivity index (χ1v) is 5.80. The predicted molar refractivity (Wildman–Crippen MR) is 68.3 cm³/mol. The zero-order valence-electron chi connectivity index (χ0n) is 10.4. The molecule has 17 heavy (non-hydrogen) atoms. The molecule has 1 amide bonds. The Hall–Kier alpha value is -0.360. The molecule has 0 radical (unpaired) electrons. The van der Waals surface area contributed by atoms with Gasteiger partial charge in [-0.3, -0.25) is 4.79 Å². The molecule has 1 saturated carbocycles. The van der Waals surface area contributed by atoms with Crippen molar-refractivity contribution < 1.29 is 14.3 Å². The van der Waals surface area contributed by atoms with Gasteiger partial charge in [0.1, 0.15) is 6.61 Å². The fraction of sp³-hybridized carbons (Fsp3) is 0.909. The third kappa shape index (κ3) is 5.68. The van der Waals surface area contributed by atoms with Crippen molar-refractivity contribution in [2.75, 3.05) is 33.5 Å². The van der Waals surface area contributed by atoms with Gasteiger partial charge in [0.2, 0.25) is 5.91 Å². The first-order chi connectivity index (χ1) is 7.72. The molecular weight excluding hydrogens is 244 g/mol. The van der Waals surface area contributed by atoms with E-state index in [1.54, 1.807) is 7.11 Å². The number of hydrogen-bond donors (Lipinski definition) is 2. The number of nitrogens with two attached hydrogens (primary N) is 1. The van der Waals surface area contributed by atoms with Crippen LogP contribution in [0.1, 0.15) is 25.7 Å². The maximum absolute atomic E-state index is 11.6. The summed E-state index contributed by atoms with van der Waals surface area (Å²) in [6.07, 6.45) is 4.24. The fourth-order valence-corrected chi connectivity index (χ4v) is 2.07. The minimum Gasteiger partial charge on any atom is -0.382 e. The second-order valence-corrected chi connectivity index (χ2v) is 4.29. The van der Waals surface area contributed by atoms with E-state index in [1.165, 1.54) is 0 Å². The molecule has 0 aliphatic heterocycles. The topological polar surface area (TPSA) is 73.6 Å². The van der Waals surface area contributed by atoms with E-state index in [0.717, 1.165) is 25.7 Å². The highest BCUT2D eigenvalue weighted by molar-refractivity contribution is 5.85. The number of rotatable bonds is 7. The maximum Gasteiger partial charge on any atom is 0.246 e. The molecule has 1 aliphatic carbocycles. The number of methoxy groups -OCH3 is 1. The molecular formula is C11H23ClN2O3. The van der Waals surface area contributed by atoms with Crippen LogP contribution in [0.25, 0.3) is 0 Å². The van der Waals surface area contributed by atoms with Gasteiger partial charge >= 0.3 is 0 Å². The van der Waals surface area contributed by atoms with Crippen molar-refractivity contribution >= 4 is 18.3 Å². The number of carbonyl (C=O) groups excluding carboxylic acids is 1. The van der Waals surface area contributed by atoms with E-state index < -0.39 is 0 Å². The normalized spacial score (nSPS) is 17.5. The lowest BCUT2D eigenvalue weighted by atomic mass is 9.98. The average molecular weight is 267 g/mol. The smallest absolute Gasteiger partial charge is 0.246 e. The van der Waals surface area contributed by atoms with Crippen LogP contribution in [0.15, 0.2) is 0 Å². The van der Waals surface area contributed by atoms with Gasteiger partial charge in [-0.25, -0.2) is 0 Å². The van der Waals surface area contributed by atoms with Crippen LogP contribution in [0, 0.1) is 0 Å². The van der Waals surface area contributed by atoms with Gasteiger partial charge in [-0.2, -0.15) is 0 Å². The average Bonchev–Trinajstić information content (AvgIpc) is 2.74. The monoisotopic (exact) mass is 266 g/mol. The molecule has 102 valence electrons. The lowest BCUT2D eigenvalue weighted by Crippen LogP contribution is -2.52. The van der Waals surface area contributed by atoms with Crippen molar-refractivity contribution in [3.8, 4) is 0 Å². The second-order valence-electron chi connectivity index (χ2n) is 4.29. The van der Waals surface area contributed by atoms with Crippen LogP contribution in [0.2, 0.25) is 0 Å². The van der Waals surface area contributed by atoms with Crippen molar-refractivity contribution in [2.45, 2.75) is 31.2 Å². The molecule has 0 aromatic heterocycles. The van der Waals surface area contributed by atoms with Crippen LogP contribution in [-0.4, -0.2) is 44.9 Å². The van der Waals surface area contributed by atoms with Crippen molar-refractivity contribution in [3.63, 3.8) is 0 Å². The molecule has 0 spiro atoms. The Morgan fingerprint density at radius 3 is 2.53 bits per heavy atom. The SMILES string of the molecule is COCCOCC(=O)NC1(CN)CCCC1.Cl. The van der Waals surface area contributed by atoms with E-state index in [1.807, 2.05) is 0 Å². The van der Waals surface area contributed by atoms with E-state index in [0.29, 0.717) is 19.8 Å². The summed E-state index contributed by atoms with van der Waals surface area (Å²) in [4.78, 5) is 11.6. The zero-order chi connectivity index (χ0) is 11.9. The standard InChI is InChI=1S/C11H22N2O3.ClH/c1-15-6-7-16-8-10(14)13-11(9-12)4-2-3-5-11;/h2-9,12H2,1H3,(H,13,14);1H. The molecule has 3 N–H and O–H groups in total. The molecule has 0 bridgehead atoms. The Labute approximate surface area is 109 Å². The summed E-state index contributed by atoms with van der Waals surface area (Å²) in [6, 6.07) is 0. The van der Waals surface area contributed by atoms with Gasteiger partial charge in [-0.05, 0) is 12.8 Å². The third-order valence-corrected chi connectivity index (χ3v) is 3.02. The van der Waals surface area contributed by atoms with Gasteiger partial charge in [0.05, 0.1) is 18.8 Å². The summed E-state index contributed by atoms with van der Waals surface area (Å²) in [7, 11) is 1.60. The van der Waals surface area contributed by atoms with Crippen LogP contribution in [0.3, 0.4) is 0 Å². The van der Waals surface area contributed by atoms with Gasteiger partial charge in [0.15, 0.2) is 0 Å². The van der Waals surface area contributed by atoms with Gasteiger partial charge in [0, 0.05) is 13.7 Å². The van der Waals surface area contributed by atoms with Gasteiger partial charge in [-0.1, -0.05) is 12.8 Å². The molecule has 0 saturated heterocycles. The second kappa shape index (κ2) is 8.69. The Morgan fingerprint density at radius 1 is 1.35 bits per heavy atom. The highest BCUT2D eigenvalue weighted by atomic mass is 35.5. The van der Waals surface area contributed by atoms with Gasteiger partial charge < -0.3 is 20.5 Å². The largest absolute Gasteiger partial charge is 0.382 e. The van der Waals surface area contributed by atoms with E-state index in [4.69, 9.17) is 15.2 Å². The van der Waals surface area contributed by atoms with Gasteiger partial charge in [-0.15, -0.1) is 12.4 Å². The molecule has 1 rings (SSSR count). The molecule has 0 atom stereocenters. The summed E-state index contributed by atoms with van der Waals surface area (Å²) < 4.78 is 9.98.